The zero-order valence-electron chi connectivity index (χ0n) is 25.2. The predicted molar refractivity (Wildman–Crippen MR) is 172 cm³/mol. The van der Waals surface area contributed by atoms with E-state index in [9.17, 15) is 5.26 Å². The summed E-state index contributed by atoms with van der Waals surface area (Å²) in [6.45, 7) is 5.30. The number of pyridine rings is 1. The van der Waals surface area contributed by atoms with Crippen molar-refractivity contribution < 1.29 is 4.48 Å². The molecular weight excluding hydrogens is 532 g/mol. The molecule has 0 spiro atoms. The molecule has 0 saturated carbocycles. The Morgan fingerprint density at radius 3 is 2.35 bits per heavy atom. The molecule has 4 aromatic rings. The Morgan fingerprint density at radius 2 is 1.63 bits per heavy atom. The summed E-state index contributed by atoms with van der Waals surface area (Å²) in [7, 11) is 4.55. The Hall–Kier alpha value is -4.32. The van der Waals surface area contributed by atoms with Crippen LogP contribution >= 0.6 is 0 Å². The fourth-order valence-corrected chi connectivity index (χ4v) is 6.83. The van der Waals surface area contributed by atoms with Gasteiger partial charge in [0.25, 0.3) is 0 Å². The van der Waals surface area contributed by atoms with E-state index >= 15 is 0 Å². The highest BCUT2D eigenvalue weighted by atomic mass is 15.4. The van der Waals surface area contributed by atoms with Crippen LogP contribution in [-0.4, -0.2) is 71.8 Å². The minimum atomic E-state index is 0.337. The first-order valence-corrected chi connectivity index (χ1v) is 15.4. The average Bonchev–Trinajstić information content (AvgIpc) is 3.08. The van der Waals surface area contributed by atoms with E-state index in [0.717, 1.165) is 65.7 Å². The second-order valence-corrected chi connectivity index (χ2v) is 12.2. The lowest BCUT2D eigenvalue weighted by Gasteiger charge is -2.50. The fraction of sp³-hybridized carbons (Fsp3) is 0.371. The number of aromatic nitrogens is 3. The molecule has 43 heavy (non-hydrogen) atoms. The maximum Gasteiger partial charge on any atom is 0.226 e. The number of nitriles is 1. The predicted octanol–water partition coefficient (Wildman–Crippen LogP) is 5.55. The Morgan fingerprint density at radius 1 is 0.907 bits per heavy atom. The van der Waals surface area contributed by atoms with Gasteiger partial charge in [0, 0.05) is 75.1 Å². The third-order valence-corrected chi connectivity index (χ3v) is 9.40. The van der Waals surface area contributed by atoms with Crippen LogP contribution in [0.1, 0.15) is 36.8 Å². The van der Waals surface area contributed by atoms with Crippen molar-refractivity contribution in [1.82, 2.24) is 20.3 Å². The fourth-order valence-electron chi connectivity index (χ4n) is 6.83. The number of nitrogens with one attached hydrogen (secondary N) is 1. The minimum Gasteiger partial charge on any atom is -0.345 e. The summed E-state index contributed by atoms with van der Waals surface area (Å²) >= 11 is 0. The number of anilines is 3. The van der Waals surface area contributed by atoms with Crippen LogP contribution in [-0.2, 0) is 6.54 Å². The molecule has 4 heterocycles. The van der Waals surface area contributed by atoms with Crippen LogP contribution < -0.4 is 15.1 Å². The lowest BCUT2D eigenvalue weighted by Crippen LogP contribution is -2.63. The summed E-state index contributed by atoms with van der Waals surface area (Å²) in [5.74, 6) is 0.767. The standard InChI is InChI=1S/C35H41N8/c1-41(31-13-18-37-19-14-31)30-11-7-28(8-12-30)25-42(32-4-3-23-43(2,26-32)33-15-20-38-21-16-33)35-39-22-17-34(40-35)29-9-5-27(24-36)6-10-29/h5-14,17-19,22,32-33,38H,3-4,15-16,20-21,23,25-26H2,1-2H3/q+1/t32-,43?/m0/s1. The molecule has 2 aromatic heterocycles. The smallest absolute Gasteiger partial charge is 0.226 e. The lowest BCUT2D eigenvalue weighted by atomic mass is 9.94. The molecule has 2 aromatic carbocycles. The van der Waals surface area contributed by atoms with Crippen LogP contribution in [0.3, 0.4) is 0 Å². The highest BCUT2D eigenvalue weighted by molar-refractivity contribution is 5.63. The average molecular weight is 574 g/mol. The number of nitrogens with zero attached hydrogens (tertiary/aromatic N) is 7. The largest absolute Gasteiger partial charge is 0.345 e. The summed E-state index contributed by atoms with van der Waals surface area (Å²) in [5, 5.41) is 12.8. The number of rotatable bonds is 8. The van der Waals surface area contributed by atoms with Gasteiger partial charge in [-0.2, -0.15) is 5.26 Å². The molecule has 6 rings (SSSR count). The van der Waals surface area contributed by atoms with Gasteiger partial charge in [-0.15, -0.1) is 0 Å². The SMILES string of the molecule is CN(c1ccncc1)c1ccc(CN(c2nccc(-c3ccc(C#N)cc3)n2)[C@H]2CCC[N+](C)(C3CCNCC3)C2)cc1. The van der Waals surface area contributed by atoms with Gasteiger partial charge in [0.2, 0.25) is 5.95 Å². The first kappa shape index (κ1) is 28.8. The molecule has 2 saturated heterocycles. The van der Waals surface area contributed by atoms with Gasteiger partial charge >= 0.3 is 0 Å². The first-order valence-electron chi connectivity index (χ1n) is 15.4. The Kier molecular flexibility index (Phi) is 8.64. The molecule has 2 fully saturated rings. The van der Waals surface area contributed by atoms with E-state index in [2.05, 4.69) is 64.5 Å². The molecule has 0 amide bonds. The number of likely N-dealkylation sites (tertiary alicyclic amines) is 1. The molecule has 0 radical (unpaired) electrons. The molecule has 2 atom stereocenters. The zero-order chi connectivity index (χ0) is 29.6. The van der Waals surface area contributed by atoms with Crippen molar-refractivity contribution in [2.24, 2.45) is 0 Å². The van der Waals surface area contributed by atoms with E-state index < -0.39 is 0 Å². The summed E-state index contributed by atoms with van der Waals surface area (Å²) < 4.78 is 1.12. The lowest BCUT2D eigenvalue weighted by molar-refractivity contribution is -0.939. The monoisotopic (exact) mass is 573 g/mol. The van der Waals surface area contributed by atoms with Gasteiger partial charge in [0.1, 0.15) is 0 Å². The van der Waals surface area contributed by atoms with Crippen LogP contribution in [0.15, 0.2) is 85.3 Å². The van der Waals surface area contributed by atoms with Crippen molar-refractivity contribution in [2.45, 2.75) is 44.3 Å². The van der Waals surface area contributed by atoms with Crippen LogP contribution in [0.5, 0.6) is 0 Å². The summed E-state index contributed by atoms with van der Waals surface area (Å²) in [4.78, 5) is 18.7. The number of likely N-dealkylation sites (N-methyl/N-ethyl adjacent to an activating group) is 1. The van der Waals surface area contributed by atoms with Gasteiger partial charge < -0.3 is 19.6 Å². The van der Waals surface area contributed by atoms with Gasteiger partial charge in [0.05, 0.1) is 49.5 Å². The Balaban J connectivity index is 1.30. The highest BCUT2D eigenvalue weighted by Gasteiger charge is 2.41. The van der Waals surface area contributed by atoms with Gasteiger partial charge in [0.15, 0.2) is 0 Å². The molecule has 8 heteroatoms. The topological polar surface area (TPSA) is 81.0 Å². The number of piperidine rings is 2. The third-order valence-electron chi connectivity index (χ3n) is 9.40. The number of hydrogen-bond donors (Lipinski definition) is 1. The molecule has 8 nitrogen and oxygen atoms in total. The second-order valence-electron chi connectivity index (χ2n) is 12.2. The molecule has 220 valence electrons. The van der Waals surface area contributed by atoms with Crippen molar-refractivity contribution in [2.75, 3.05) is 50.1 Å². The van der Waals surface area contributed by atoms with Gasteiger partial charge in [-0.25, -0.2) is 9.97 Å². The van der Waals surface area contributed by atoms with Crippen LogP contribution in [0, 0.1) is 11.3 Å². The summed E-state index contributed by atoms with van der Waals surface area (Å²) in [6.07, 6.45) is 10.3. The first-order chi connectivity index (χ1) is 21.0. The van der Waals surface area contributed by atoms with Crippen molar-refractivity contribution in [3.8, 4) is 17.3 Å². The molecule has 1 N–H and O–H groups in total. The number of hydrogen-bond acceptors (Lipinski definition) is 7. The van der Waals surface area contributed by atoms with E-state index in [0.29, 0.717) is 17.6 Å². The van der Waals surface area contributed by atoms with Gasteiger partial charge in [-0.3, -0.25) is 4.98 Å². The van der Waals surface area contributed by atoms with Crippen molar-refractivity contribution >= 4 is 17.3 Å². The van der Waals surface area contributed by atoms with Crippen molar-refractivity contribution in [1.29, 1.82) is 5.26 Å². The van der Waals surface area contributed by atoms with Crippen LogP contribution in [0.25, 0.3) is 11.3 Å². The van der Waals surface area contributed by atoms with Gasteiger partial charge in [-0.1, -0.05) is 24.3 Å². The van der Waals surface area contributed by atoms with Crippen molar-refractivity contribution in [3.63, 3.8) is 0 Å². The Bertz CT molecular complexity index is 1530. The minimum absolute atomic E-state index is 0.337. The molecule has 2 aliphatic heterocycles. The van der Waals surface area contributed by atoms with E-state index in [1.165, 1.54) is 31.4 Å². The van der Waals surface area contributed by atoms with Crippen LogP contribution in [0.4, 0.5) is 17.3 Å². The number of benzene rings is 2. The van der Waals surface area contributed by atoms with Crippen LogP contribution in [0.2, 0.25) is 0 Å². The number of quaternary nitrogens is 1. The summed E-state index contributed by atoms with van der Waals surface area (Å²) in [5.41, 5.74) is 5.99. The maximum absolute atomic E-state index is 9.25. The highest BCUT2D eigenvalue weighted by Crippen LogP contribution is 2.32. The normalized spacial score (nSPS) is 20.7. The van der Waals surface area contributed by atoms with Crippen molar-refractivity contribution in [3.05, 3.63) is 96.4 Å². The molecular formula is C35H41N8+. The maximum atomic E-state index is 9.25. The van der Waals surface area contributed by atoms with Gasteiger partial charge in [-0.05, 0) is 60.9 Å². The molecule has 0 aliphatic carbocycles. The van der Waals surface area contributed by atoms with E-state index in [-0.39, 0.29) is 0 Å². The zero-order valence-corrected chi connectivity index (χ0v) is 25.2. The quantitative estimate of drug-likeness (QED) is 0.277. The second kappa shape index (κ2) is 12.9. The Labute approximate surface area is 255 Å². The molecule has 1 unspecified atom stereocenters. The summed E-state index contributed by atoms with van der Waals surface area (Å²) in [6, 6.07) is 25.7. The molecule has 0 bridgehead atoms. The third kappa shape index (κ3) is 6.53. The van der Waals surface area contributed by atoms with E-state index in [1.807, 2.05) is 61.1 Å². The van der Waals surface area contributed by atoms with E-state index in [1.54, 1.807) is 0 Å². The molecule has 2 aliphatic rings. The van der Waals surface area contributed by atoms with E-state index in [4.69, 9.17) is 9.97 Å².